The molecule has 0 aliphatic rings. The van der Waals surface area contributed by atoms with Crippen LogP contribution in [-0.2, 0) is 11.2 Å². The number of ketones is 2. The van der Waals surface area contributed by atoms with Gasteiger partial charge in [0.1, 0.15) is 5.78 Å². The van der Waals surface area contributed by atoms with Crippen LogP contribution in [0.5, 0.6) is 0 Å². The largest absolute Gasteiger partial charge is 0.300 e. The van der Waals surface area contributed by atoms with Gasteiger partial charge >= 0.3 is 0 Å². The molecule has 2 heteroatoms. The quantitative estimate of drug-likeness (QED) is 0.678. The minimum absolute atomic E-state index is 0.117. The molecule has 0 spiro atoms. The van der Waals surface area contributed by atoms with Crippen LogP contribution in [0.25, 0.3) is 0 Å². The number of carbonyl (C=O) groups excluding carboxylic acids is 2. The Morgan fingerprint density at radius 2 is 1.33 bits per heavy atom. The molecule has 2 aromatic carbocycles. The van der Waals surface area contributed by atoms with Gasteiger partial charge in [0.25, 0.3) is 0 Å². The average molecular weight is 280 g/mol. The van der Waals surface area contributed by atoms with Crippen molar-refractivity contribution < 1.29 is 9.59 Å². The van der Waals surface area contributed by atoms with Crippen LogP contribution in [0.4, 0.5) is 0 Å². The van der Waals surface area contributed by atoms with Crippen LogP contribution in [0.15, 0.2) is 60.7 Å². The second-order valence-corrected chi connectivity index (χ2v) is 5.17. The van der Waals surface area contributed by atoms with Crippen molar-refractivity contribution in [3.05, 3.63) is 71.8 Å². The summed E-state index contributed by atoms with van der Waals surface area (Å²) in [5, 5.41) is 0. The van der Waals surface area contributed by atoms with Crippen molar-refractivity contribution in [1.82, 2.24) is 0 Å². The summed E-state index contributed by atoms with van der Waals surface area (Å²) in [4.78, 5) is 23.7. The lowest BCUT2D eigenvalue weighted by atomic mass is 10.0. The second kappa shape index (κ2) is 8.15. The van der Waals surface area contributed by atoms with Crippen LogP contribution in [0, 0.1) is 0 Å². The first-order valence-electron chi connectivity index (χ1n) is 7.39. The van der Waals surface area contributed by atoms with Gasteiger partial charge in [-0.3, -0.25) is 9.59 Å². The van der Waals surface area contributed by atoms with Gasteiger partial charge in [0.15, 0.2) is 5.78 Å². The summed E-state index contributed by atoms with van der Waals surface area (Å²) >= 11 is 0. The van der Waals surface area contributed by atoms with Crippen molar-refractivity contribution in [2.24, 2.45) is 0 Å². The van der Waals surface area contributed by atoms with E-state index in [2.05, 4.69) is 0 Å². The maximum absolute atomic E-state index is 11.9. The van der Waals surface area contributed by atoms with E-state index in [0.29, 0.717) is 25.7 Å². The lowest BCUT2D eigenvalue weighted by Crippen LogP contribution is -2.03. The molecule has 108 valence electrons. The number of rotatable bonds is 8. The highest BCUT2D eigenvalue weighted by atomic mass is 16.1. The first kappa shape index (κ1) is 15.2. The maximum Gasteiger partial charge on any atom is 0.162 e. The number of hydrogen-bond donors (Lipinski definition) is 0. The van der Waals surface area contributed by atoms with Crippen LogP contribution in [0.2, 0.25) is 0 Å². The molecule has 21 heavy (non-hydrogen) atoms. The molecule has 0 bridgehead atoms. The minimum atomic E-state index is 0.117. The lowest BCUT2D eigenvalue weighted by Gasteiger charge is -2.02. The number of Topliss-reactive ketones (excluding diaryl/α,β-unsaturated/α-hetero) is 2. The van der Waals surface area contributed by atoms with E-state index in [1.807, 2.05) is 60.7 Å². The Bertz CT molecular complexity index is 573. The van der Waals surface area contributed by atoms with Crippen molar-refractivity contribution >= 4 is 11.6 Å². The number of benzene rings is 2. The number of hydrogen-bond acceptors (Lipinski definition) is 2. The molecule has 0 saturated heterocycles. The summed E-state index contributed by atoms with van der Waals surface area (Å²) in [6.07, 6.45) is 2.92. The van der Waals surface area contributed by atoms with Crippen molar-refractivity contribution in [3.8, 4) is 0 Å². The Labute approximate surface area is 125 Å². The van der Waals surface area contributed by atoms with Crippen molar-refractivity contribution in [2.75, 3.05) is 0 Å². The molecular formula is C19H20O2. The molecule has 0 amide bonds. The van der Waals surface area contributed by atoms with E-state index in [4.69, 9.17) is 0 Å². The molecule has 2 rings (SSSR count). The highest BCUT2D eigenvalue weighted by molar-refractivity contribution is 5.96. The monoisotopic (exact) mass is 280 g/mol. The molecule has 2 aromatic rings. The van der Waals surface area contributed by atoms with Gasteiger partial charge in [-0.2, -0.15) is 0 Å². The van der Waals surface area contributed by atoms with E-state index < -0.39 is 0 Å². The number of aryl methyl sites for hydroxylation is 1. The first-order valence-corrected chi connectivity index (χ1v) is 7.39. The molecule has 0 aliphatic heterocycles. The molecule has 0 unspecified atom stereocenters. The fourth-order valence-electron chi connectivity index (χ4n) is 2.27. The Kier molecular flexibility index (Phi) is 5.89. The Morgan fingerprint density at radius 3 is 2.00 bits per heavy atom. The Hall–Kier alpha value is -2.22. The third-order valence-corrected chi connectivity index (χ3v) is 3.49. The molecule has 0 aromatic heterocycles. The van der Waals surface area contributed by atoms with Gasteiger partial charge in [-0.15, -0.1) is 0 Å². The highest BCUT2D eigenvalue weighted by Crippen LogP contribution is 2.09. The summed E-state index contributed by atoms with van der Waals surface area (Å²) in [6.45, 7) is 0. The number of carbonyl (C=O) groups is 2. The minimum Gasteiger partial charge on any atom is -0.300 e. The summed E-state index contributed by atoms with van der Waals surface area (Å²) in [7, 11) is 0. The molecular weight excluding hydrogens is 260 g/mol. The van der Waals surface area contributed by atoms with Crippen LogP contribution < -0.4 is 0 Å². The zero-order valence-corrected chi connectivity index (χ0v) is 12.1. The van der Waals surface area contributed by atoms with Crippen LogP contribution in [-0.4, -0.2) is 11.6 Å². The summed E-state index contributed by atoms with van der Waals surface area (Å²) < 4.78 is 0. The third-order valence-electron chi connectivity index (χ3n) is 3.49. The molecule has 2 nitrogen and oxygen atoms in total. The fourth-order valence-corrected chi connectivity index (χ4v) is 2.27. The molecule has 0 aliphatic carbocycles. The van der Waals surface area contributed by atoms with E-state index in [0.717, 1.165) is 12.0 Å². The van der Waals surface area contributed by atoms with Crippen LogP contribution in [0.3, 0.4) is 0 Å². The van der Waals surface area contributed by atoms with Gasteiger partial charge in [-0.05, 0) is 18.4 Å². The fraction of sp³-hybridized carbons (Fsp3) is 0.263. The first-order chi connectivity index (χ1) is 10.3. The van der Waals surface area contributed by atoms with Crippen molar-refractivity contribution in [1.29, 1.82) is 0 Å². The van der Waals surface area contributed by atoms with Crippen LogP contribution in [0.1, 0.15) is 41.6 Å². The summed E-state index contributed by atoms with van der Waals surface area (Å²) in [5.74, 6) is 0.353. The molecule has 0 saturated carbocycles. The summed E-state index contributed by atoms with van der Waals surface area (Å²) in [6, 6.07) is 19.3. The molecule has 0 radical (unpaired) electrons. The zero-order valence-electron chi connectivity index (χ0n) is 12.1. The average Bonchev–Trinajstić information content (AvgIpc) is 2.54. The topological polar surface area (TPSA) is 34.1 Å². The van der Waals surface area contributed by atoms with Gasteiger partial charge in [0.05, 0.1) is 0 Å². The van der Waals surface area contributed by atoms with E-state index in [1.54, 1.807) is 0 Å². The zero-order chi connectivity index (χ0) is 14.9. The van der Waals surface area contributed by atoms with Gasteiger partial charge in [0.2, 0.25) is 0 Å². The van der Waals surface area contributed by atoms with E-state index in [-0.39, 0.29) is 11.6 Å². The van der Waals surface area contributed by atoms with Crippen molar-refractivity contribution in [2.45, 2.75) is 32.1 Å². The third kappa shape index (κ3) is 5.35. The molecule has 0 fully saturated rings. The normalized spacial score (nSPS) is 10.3. The maximum atomic E-state index is 11.9. The van der Waals surface area contributed by atoms with Gasteiger partial charge in [-0.25, -0.2) is 0 Å². The van der Waals surface area contributed by atoms with Gasteiger partial charge in [-0.1, -0.05) is 60.7 Å². The molecule has 0 atom stereocenters. The second-order valence-electron chi connectivity index (χ2n) is 5.17. The highest BCUT2D eigenvalue weighted by Gasteiger charge is 2.07. The van der Waals surface area contributed by atoms with Gasteiger partial charge < -0.3 is 0 Å². The van der Waals surface area contributed by atoms with Gasteiger partial charge in [0, 0.05) is 24.8 Å². The van der Waals surface area contributed by atoms with Crippen LogP contribution >= 0.6 is 0 Å². The molecule has 0 heterocycles. The lowest BCUT2D eigenvalue weighted by molar-refractivity contribution is -0.119. The molecule has 0 N–H and O–H groups in total. The Morgan fingerprint density at radius 1 is 0.714 bits per heavy atom. The van der Waals surface area contributed by atoms with Crippen molar-refractivity contribution in [3.63, 3.8) is 0 Å². The Balaban J connectivity index is 1.66. The SMILES string of the molecule is O=C(CCCC(=O)c1ccccc1)CCc1ccccc1. The smallest absolute Gasteiger partial charge is 0.162 e. The summed E-state index contributed by atoms with van der Waals surface area (Å²) in [5.41, 5.74) is 1.92. The van der Waals surface area contributed by atoms with E-state index >= 15 is 0 Å². The predicted octanol–water partition coefficient (Wildman–Crippen LogP) is 4.24. The van der Waals surface area contributed by atoms with E-state index in [9.17, 15) is 9.59 Å². The predicted molar refractivity (Wildman–Crippen MR) is 84.4 cm³/mol. The van der Waals surface area contributed by atoms with E-state index in [1.165, 1.54) is 5.56 Å². The standard InChI is InChI=1S/C19H20O2/c20-18(15-14-16-8-3-1-4-9-16)12-7-13-19(21)17-10-5-2-6-11-17/h1-6,8-11H,7,12-15H2.